The molecule has 3 atom stereocenters. The van der Waals surface area contributed by atoms with Crippen LogP contribution in [0.4, 0.5) is 0 Å². The van der Waals surface area contributed by atoms with Gasteiger partial charge in [-0.2, -0.15) is 0 Å². The summed E-state index contributed by atoms with van der Waals surface area (Å²) in [6, 6.07) is 8.93. The highest BCUT2D eigenvalue weighted by Gasteiger charge is 2.60. The average Bonchev–Trinajstić information content (AvgIpc) is 3.03. The summed E-state index contributed by atoms with van der Waals surface area (Å²) in [7, 11) is -3.34. The first-order valence-electron chi connectivity index (χ1n) is 7.53. The monoisotopic (exact) mass is 290 g/mol. The third kappa shape index (κ3) is 1.65. The Balaban J connectivity index is 2.15. The molecule has 2 aliphatic carbocycles. The molecule has 0 spiro atoms. The zero-order valence-electron chi connectivity index (χ0n) is 12.0. The number of sulfone groups is 1. The van der Waals surface area contributed by atoms with E-state index in [-0.39, 0.29) is 5.92 Å². The van der Waals surface area contributed by atoms with Gasteiger partial charge >= 0.3 is 0 Å². The van der Waals surface area contributed by atoms with Gasteiger partial charge in [-0.05, 0) is 49.7 Å². The number of benzene rings is 1. The van der Waals surface area contributed by atoms with Crippen molar-refractivity contribution in [2.45, 2.75) is 48.7 Å². The van der Waals surface area contributed by atoms with Gasteiger partial charge in [0.2, 0.25) is 0 Å². The van der Waals surface area contributed by atoms with E-state index in [1.54, 1.807) is 12.1 Å². The Hall–Kier alpha value is -1.09. The van der Waals surface area contributed by atoms with E-state index in [2.05, 4.69) is 13.5 Å². The quantitative estimate of drug-likeness (QED) is 0.786. The first-order valence-corrected chi connectivity index (χ1v) is 9.01. The van der Waals surface area contributed by atoms with Crippen molar-refractivity contribution in [3.63, 3.8) is 0 Å². The second kappa shape index (κ2) is 4.73. The van der Waals surface area contributed by atoms with E-state index in [1.165, 1.54) is 0 Å². The summed E-state index contributed by atoms with van der Waals surface area (Å²) in [5, 5.41) is 0. The molecule has 0 aliphatic heterocycles. The molecule has 2 aliphatic rings. The minimum atomic E-state index is -3.34. The number of hydrogen-bond donors (Lipinski definition) is 0. The second-order valence-electron chi connectivity index (χ2n) is 6.19. The number of hydrogen-bond acceptors (Lipinski definition) is 2. The molecule has 0 amide bonds. The van der Waals surface area contributed by atoms with E-state index in [4.69, 9.17) is 0 Å². The third-order valence-electron chi connectivity index (χ3n) is 5.28. The van der Waals surface area contributed by atoms with Crippen LogP contribution in [0.3, 0.4) is 0 Å². The van der Waals surface area contributed by atoms with Crippen molar-refractivity contribution in [1.82, 2.24) is 0 Å². The van der Waals surface area contributed by atoms with E-state index in [0.717, 1.165) is 31.3 Å². The van der Waals surface area contributed by atoms with Crippen LogP contribution < -0.4 is 0 Å². The van der Waals surface area contributed by atoms with Crippen LogP contribution in [0.1, 0.15) is 39.0 Å². The molecule has 0 radical (unpaired) electrons. The lowest BCUT2D eigenvalue weighted by Gasteiger charge is -2.39. The Morgan fingerprint density at radius 2 is 1.95 bits per heavy atom. The van der Waals surface area contributed by atoms with Crippen molar-refractivity contribution in [3.8, 4) is 0 Å². The molecule has 0 aromatic heterocycles. The highest BCUT2D eigenvalue weighted by Crippen LogP contribution is 2.60. The summed E-state index contributed by atoms with van der Waals surface area (Å²) in [6.45, 7) is 6.29. The molecule has 20 heavy (non-hydrogen) atoms. The van der Waals surface area contributed by atoms with Gasteiger partial charge in [-0.25, -0.2) is 8.42 Å². The molecule has 2 saturated carbocycles. The molecule has 2 nitrogen and oxygen atoms in total. The normalized spacial score (nSPS) is 32.8. The van der Waals surface area contributed by atoms with Gasteiger partial charge in [0.15, 0.2) is 9.84 Å². The Kier molecular flexibility index (Phi) is 3.28. The van der Waals surface area contributed by atoms with Crippen molar-refractivity contribution < 1.29 is 8.42 Å². The van der Waals surface area contributed by atoms with Crippen molar-refractivity contribution in [2.75, 3.05) is 0 Å². The fraction of sp³-hybridized carbons (Fsp3) is 0.529. The molecule has 108 valence electrons. The molecular weight excluding hydrogens is 268 g/mol. The smallest absolute Gasteiger partial charge is 0.188 e. The Morgan fingerprint density at radius 1 is 1.25 bits per heavy atom. The highest BCUT2D eigenvalue weighted by molar-refractivity contribution is 7.93. The SMILES string of the molecule is C=C1[C@@H]2CC[C@@H](C2)[C@]1(CCC)S(=O)(=O)c1ccccc1. The van der Waals surface area contributed by atoms with Crippen LogP contribution in [-0.4, -0.2) is 13.2 Å². The Morgan fingerprint density at radius 3 is 2.50 bits per heavy atom. The first-order chi connectivity index (χ1) is 9.54. The van der Waals surface area contributed by atoms with E-state index in [1.807, 2.05) is 18.2 Å². The van der Waals surface area contributed by atoms with Gasteiger partial charge in [-0.3, -0.25) is 0 Å². The summed E-state index contributed by atoms with van der Waals surface area (Å²) in [5.41, 5.74) is 0.986. The van der Waals surface area contributed by atoms with Crippen LogP contribution in [0.5, 0.6) is 0 Å². The van der Waals surface area contributed by atoms with E-state index < -0.39 is 14.6 Å². The summed E-state index contributed by atoms with van der Waals surface area (Å²) in [4.78, 5) is 0.460. The van der Waals surface area contributed by atoms with Crippen LogP contribution >= 0.6 is 0 Å². The topological polar surface area (TPSA) is 34.1 Å². The largest absolute Gasteiger partial charge is 0.223 e. The molecule has 3 heteroatoms. The second-order valence-corrected chi connectivity index (χ2v) is 8.39. The van der Waals surface area contributed by atoms with Gasteiger partial charge in [0.05, 0.1) is 4.90 Å². The minimum Gasteiger partial charge on any atom is -0.223 e. The first kappa shape index (κ1) is 13.9. The average molecular weight is 290 g/mol. The number of rotatable bonds is 4. The van der Waals surface area contributed by atoms with Gasteiger partial charge in [-0.15, -0.1) is 0 Å². The fourth-order valence-electron chi connectivity index (χ4n) is 4.40. The van der Waals surface area contributed by atoms with Gasteiger partial charge < -0.3 is 0 Å². The van der Waals surface area contributed by atoms with Gasteiger partial charge in [0.25, 0.3) is 0 Å². The van der Waals surface area contributed by atoms with Crippen LogP contribution in [-0.2, 0) is 9.84 Å². The lowest BCUT2D eigenvalue weighted by Crippen LogP contribution is -2.45. The molecule has 0 N–H and O–H groups in total. The lowest BCUT2D eigenvalue weighted by molar-refractivity contribution is 0.391. The fourth-order valence-corrected chi connectivity index (χ4v) is 6.98. The van der Waals surface area contributed by atoms with Crippen molar-refractivity contribution >= 4 is 9.84 Å². The molecule has 2 bridgehead atoms. The van der Waals surface area contributed by atoms with E-state index in [0.29, 0.717) is 17.2 Å². The molecule has 0 heterocycles. The molecule has 1 aromatic carbocycles. The van der Waals surface area contributed by atoms with E-state index in [9.17, 15) is 8.42 Å². The van der Waals surface area contributed by atoms with Crippen LogP contribution in [0.2, 0.25) is 0 Å². The van der Waals surface area contributed by atoms with Gasteiger partial charge in [0, 0.05) is 0 Å². The maximum Gasteiger partial charge on any atom is 0.188 e. The third-order valence-corrected chi connectivity index (χ3v) is 7.93. The zero-order valence-corrected chi connectivity index (χ0v) is 12.8. The lowest BCUT2D eigenvalue weighted by atomic mass is 9.81. The Labute approximate surface area is 121 Å². The van der Waals surface area contributed by atoms with Crippen molar-refractivity contribution in [2.24, 2.45) is 11.8 Å². The molecule has 3 rings (SSSR count). The summed E-state index contributed by atoms with van der Waals surface area (Å²) < 4.78 is 25.9. The summed E-state index contributed by atoms with van der Waals surface area (Å²) in [6.07, 6.45) is 4.78. The van der Waals surface area contributed by atoms with Crippen LogP contribution in [0, 0.1) is 11.8 Å². The highest BCUT2D eigenvalue weighted by atomic mass is 32.2. The zero-order chi connectivity index (χ0) is 14.4. The summed E-state index contributed by atoms with van der Waals surface area (Å²) in [5.74, 6) is 0.690. The molecular formula is C17H22O2S. The standard InChI is InChI=1S/C17H22O2S/c1-3-11-17(13(2)14-9-10-15(17)12-14)20(18,19)16-7-5-4-6-8-16/h4-8,14-15H,2-3,9-12H2,1H3/t14-,15+,17-/m1/s1. The van der Waals surface area contributed by atoms with Crippen LogP contribution in [0.15, 0.2) is 47.4 Å². The summed E-state index contributed by atoms with van der Waals surface area (Å²) >= 11 is 0. The molecule has 2 fully saturated rings. The number of fused-ring (bicyclic) bond motifs is 2. The van der Waals surface area contributed by atoms with Gasteiger partial charge in [-0.1, -0.05) is 43.7 Å². The van der Waals surface area contributed by atoms with E-state index >= 15 is 0 Å². The van der Waals surface area contributed by atoms with Crippen LogP contribution in [0.25, 0.3) is 0 Å². The van der Waals surface area contributed by atoms with Crippen molar-refractivity contribution in [1.29, 1.82) is 0 Å². The predicted octanol–water partition coefficient (Wildman–Crippen LogP) is 3.99. The minimum absolute atomic E-state index is 0.269. The predicted molar refractivity (Wildman–Crippen MR) is 81.2 cm³/mol. The Bertz CT molecular complexity index is 618. The van der Waals surface area contributed by atoms with Gasteiger partial charge in [0.1, 0.15) is 4.75 Å². The molecule has 1 aromatic rings. The maximum atomic E-state index is 13.3. The molecule has 0 saturated heterocycles. The maximum absolute atomic E-state index is 13.3. The molecule has 0 unspecified atom stereocenters. The van der Waals surface area contributed by atoms with Crippen molar-refractivity contribution in [3.05, 3.63) is 42.5 Å².